The van der Waals surface area contributed by atoms with E-state index in [1.807, 2.05) is 31.2 Å². The van der Waals surface area contributed by atoms with Gasteiger partial charge in [-0.05, 0) is 44.0 Å². The van der Waals surface area contributed by atoms with E-state index in [2.05, 4.69) is 0 Å². The number of rotatable bonds is 4. The molecule has 3 rings (SSSR count). The van der Waals surface area contributed by atoms with E-state index in [1.54, 1.807) is 24.3 Å². The number of esters is 1. The van der Waals surface area contributed by atoms with E-state index in [-0.39, 0.29) is 17.7 Å². The Morgan fingerprint density at radius 1 is 0.905 bits per heavy atom. The van der Waals surface area contributed by atoms with Gasteiger partial charge in [0.25, 0.3) is 0 Å². The third-order valence-electron chi connectivity index (χ3n) is 3.56. The lowest BCUT2D eigenvalue weighted by Crippen LogP contribution is -2.10. The number of carbonyl (C=O) groups is 2. The van der Waals surface area contributed by atoms with E-state index >= 15 is 0 Å². The minimum absolute atomic E-state index is 0.0323. The molecule has 0 radical (unpaired) electrons. The van der Waals surface area contributed by atoms with Gasteiger partial charge < -0.3 is 4.74 Å². The topological polar surface area (TPSA) is 43.4 Å². The van der Waals surface area contributed by atoms with Crippen LogP contribution in [0.5, 0.6) is 5.75 Å². The second kappa shape index (κ2) is 5.52. The molecule has 1 saturated carbocycles. The molecule has 0 N–H and O–H groups in total. The maximum Gasteiger partial charge on any atom is 0.314 e. The van der Waals surface area contributed by atoms with Crippen LogP contribution in [-0.2, 0) is 4.79 Å². The Kier molecular flexibility index (Phi) is 3.57. The summed E-state index contributed by atoms with van der Waals surface area (Å²) in [5.41, 5.74) is 2.36. The van der Waals surface area contributed by atoms with E-state index in [1.165, 1.54) is 0 Å². The van der Waals surface area contributed by atoms with Gasteiger partial charge in [0, 0.05) is 11.1 Å². The highest BCUT2D eigenvalue weighted by molar-refractivity contribution is 6.09. The van der Waals surface area contributed by atoms with E-state index < -0.39 is 0 Å². The van der Waals surface area contributed by atoms with Crippen molar-refractivity contribution in [3.05, 3.63) is 65.2 Å². The molecule has 0 aliphatic heterocycles. The molecule has 0 aromatic heterocycles. The summed E-state index contributed by atoms with van der Waals surface area (Å²) in [5, 5.41) is 0. The fourth-order valence-corrected chi connectivity index (χ4v) is 2.06. The molecule has 0 saturated heterocycles. The molecule has 0 atom stereocenters. The van der Waals surface area contributed by atoms with Crippen molar-refractivity contribution in [2.24, 2.45) is 5.92 Å². The molecule has 0 unspecified atom stereocenters. The first-order valence-corrected chi connectivity index (χ1v) is 7.06. The van der Waals surface area contributed by atoms with E-state index in [0.29, 0.717) is 16.9 Å². The predicted octanol–water partition coefficient (Wildman–Crippen LogP) is 3.54. The molecule has 0 heterocycles. The smallest absolute Gasteiger partial charge is 0.314 e. The number of ketones is 1. The first-order chi connectivity index (χ1) is 10.1. The number of benzene rings is 2. The zero-order chi connectivity index (χ0) is 14.8. The van der Waals surface area contributed by atoms with Gasteiger partial charge in [0.05, 0.1) is 5.92 Å². The Bertz CT molecular complexity index is 665. The molecule has 0 bridgehead atoms. The third-order valence-corrected chi connectivity index (χ3v) is 3.56. The van der Waals surface area contributed by atoms with Crippen LogP contribution in [0, 0.1) is 12.8 Å². The number of ether oxygens (including phenoxy) is 1. The van der Waals surface area contributed by atoms with Crippen molar-refractivity contribution in [3.8, 4) is 5.75 Å². The van der Waals surface area contributed by atoms with Crippen LogP contribution in [0.2, 0.25) is 0 Å². The van der Waals surface area contributed by atoms with Crippen molar-refractivity contribution in [1.29, 1.82) is 0 Å². The van der Waals surface area contributed by atoms with Crippen LogP contribution in [0.3, 0.4) is 0 Å². The summed E-state index contributed by atoms with van der Waals surface area (Å²) >= 11 is 0. The van der Waals surface area contributed by atoms with Gasteiger partial charge in [-0.1, -0.05) is 29.8 Å². The number of aryl methyl sites for hydroxylation is 1. The van der Waals surface area contributed by atoms with Crippen LogP contribution in [0.4, 0.5) is 0 Å². The van der Waals surface area contributed by atoms with Crippen molar-refractivity contribution in [2.45, 2.75) is 19.8 Å². The lowest BCUT2D eigenvalue weighted by atomic mass is 10.0. The van der Waals surface area contributed by atoms with Crippen LogP contribution in [0.1, 0.15) is 34.3 Å². The van der Waals surface area contributed by atoms with Crippen LogP contribution in [0.25, 0.3) is 0 Å². The summed E-state index contributed by atoms with van der Waals surface area (Å²) in [6.07, 6.45) is 1.84. The van der Waals surface area contributed by atoms with E-state index in [9.17, 15) is 9.59 Å². The summed E-state index contributed by atoms with van der Waals surface area (Å²) in [4.78, 5) is 23.9. The highest BCUT2D eigenvalue weighted by atomic mass is 16.5. The van der Waals surface area contributed by atoms with E-state index in [4.69, 9.17) is 4.74 Å². The zero-order valence-corrected chi connectivity index (χ0v) is 11.8. The highest BCUT2D eigenvalue weighted by Gasteiger charge is 2.31. The Balaban J connectivity index is 1.72. The first-order valence-electron chi connectivity index (χ1n) is 7.06. The second-order valence-corrected chi connectivity index (χ2v) is 5.41. The summed E-state index contributed by atoms with van der Waals surface area (Å²) in [5.74, 6) is 0.355. The van der Waals surface area contributed by atoms with Gasteiger partial charge in [-0.3, -0.25) is 9.59 Å². The molecule has 3 heteroatoms. The standard InChI is InChI=1S/C18H16O3/c1-12-2-4-13(5-3-12)17(19)14-8-10-16(11-9-14)21-18(20)15-6-7-15/h2-5,8-11,15H,6-7H2,1H3. The number of carbonyl (C=O) groups excluding carboxylic acids is 2. The minimum atomic E-state index is -0.174. The number of hydrogen-bond donors (Lipinski definition) is 0. The predicted molar refractivity (Wildman–Crippen MR) is 79.4 cm³/mol. The normalized spacial score (nSPS) is 13.8. The summed E-state index contributed by atoms with van der Waals surface area (Å²) in [6.45, 7) is 1.98. The average molecular weight is 280 g/mol. The summed E-state index contributed by atoms with van der Waals surface area (Å²) < 4.78 is 5.24. The monoisotopic (exact) mass is 280 g/mol. The molecule has 2 aromatic carbocycles. The molecule has 1 aliphatic rings. The van der Waals surface area contributed by atoms with Gasteiger partial charge in [0.2, 0.25) is 0 Å². The van der Waals surface area contributed by atoms with Crippen LogP contribution in [-0.4, -0.2) is 11.8 Å². The van der Waals surface area contributed by atoms with Crippen LogP contribution < -0.4 is 4.74 Å². The van der Waals surface area contributed by atoms with Crippen LogP contribution >= 0.6 is 0 Å². The summed E-state index contributed by atoms with van der Waals surface area (Å²) in [7, 11) is 0. The van der Waals surface area contributed by atoms with Gasteiger partial charge in [-0.25, -0.2) is 0 Å². The van der Waals surface area contributed by atoms with Gasteiger partial charge >= 0.3 is 5.97 Å². The van der Waals surface area contributed by atoms with Crippen molar-refractivity contribution >= 4 is 11.8 Å². The Morgan fingerprint density at radius 2 is 1.43 bits per heavy atom. The minimum Gasteiger partial charge on any atom is -0.426 e. The second-order valence-electron chi connectivity index (χ2n) is 5.41. The molecule has 1 fully saturated rings. The Labute approximate surface area is 123 Å². The van der Waals surface area contributed by atoms with E-state index in [0.717, 1.165) is 18.4 Å². The first kappa shape index (κ1) is 13.6. The highest BCUT2D eigenvalue weighted by Crippen LogP contribution is 2.30. The molecule has 2 aromatic rings. The average Bonchev–Trinajstić information content (AvgIpc) is 3.33. The quantitative estimate of drug-likeness (QED) is 0.489. The lowest BCUT2D eigenvalue weighted by molar-refractivity contribution is -0.135. The lowest BCUT2D eigenvalue weighted by Gasteiger charge is -2.05. The van der Waals surface area contributed by atoms with Gasteiger partial charge in [-0.15, -0.1) is 0 Å². The fourth-order valence-electron chi connectivity index (χ4n) is 2.06. The molecule has 0 spiro atoms. The Morgan fingerprint density at radius 3 is 1.95 bits per heavy atom. The fraction of sp³-hybridized carbons (Fsp3) is 0.222. The molecular formula is C18H16O3. The van der Waals surface area contributed by atoms with Gasteiger partial charge in [-0.2, -0.15) is 0 Å². The zero-order valence-electron chi connectivity index (χ0n) is 11.8. The number of hydrogen-bond acceptors (Lipinski definition) is 3. The molecule has 0 amide bonds. The van der Waals surface area contributed by atoms with Crippen molar-refractivity contribution < 1.29 is 14.3 Å². The largest absolute Gasteiger partial charge is 0.426 e. The van der Waals surface area contributed by atoms with Gasteiger partial charge in [0.1, 0.15) is 5.75 Å². The van der Waals surface area contributed by atoms with Crippen molar-refractivity contribution in [2.75, 3.05) is 0 Å². The third kappa shape index (κ3) is 3.19. The molecule has 21 heavy (non-hydrogen) atoms. The molecular weight excluding hydrogens is 264 g/mol. The molecule has 3 nitrogen and oxygen atoms in total. The SMILES string of the molecule is Cc1ccc(C(=O)c2ccc(OC(=O)C3CC3)cc2)cc1. The van der Waals surface area contributed by atoms with Crippen molar-refractivity contribution in [1.82, 2.24) is 0 Å². The summed E-state index contributed by atoms with van der Waals surface area (Å²) in [6, 6.07) is 14.2. The molecule has 106 valence electrons. The Hall–Kier alpha value is -2.42. The van der Waals surface area contributed by atoms with Gasteiger partial charge in [0.15, 0.2) is 5.78 Å². The maximum atomic E-state index is 12.3. The maximum absolute atomic E-state index is 12.3. The van der Waals surface area contributed by atoms with Crippen LogP contribution in [0.15, 0.2) is 48.5 Å². The van der Waals surface area contributed by atoms with Crippen molar-refractivity contribution in [3.63, 3.8) is 0 Å². The molecule has 1 aliphatic carbocycles.